The molecule has 0 unspecified atom stereocenters. The Morgan fingerprint density at radius 2 is 1.67 bits per heavy atom. The lowest BCUT2D eigenvalue weighted by molar-refractivity contribution is 0.650. The zero-order valence-electron chi connectivity index (χ0n) is 19.2. The van der Waals surface area contributed by atoms with Crippen molar-refractivity contribution < 1.29 is 0 Å². The molecule has 10 nitrogen and oxygen atoms in total. The van der Waals surface area contributed by atoms with E-state index in [9.17, 15) is 0 Å². The van der Waals surface area contributed by atoms with Crippen LogP contribution in [0.4, 0.5) is 17.6 Å². The molecular weight excluding hydrogens is 452 g/mol. The van der Waals surface area contributed by atoms with E-state index < -0.39 is 0 Å². The number of hydrogen-bond donors (Lipinski definition) is 2. The lowest BCUT2D eigenvalue weighted by atomic mass is 10.2. The van der Waals surface area contributed by atoms with E-state index in [0.717, 1.165) is 27.8 Å². The number of imidazole rings is 1. The maximum absolute atomic E-state index is 4.78. The molecule has 0 aliphatic carbocycles. The van der Waals surface area contributed by atoms with Crippen LogP contribution < -0.4 is 10.6 Å². The summed E-state index contributed by atoms with van der Waals surface area (Å²) >= 11 is 0. The SMILES string of the molecule is c1ccc(CNc2nc3ccccc3n2-c2ncnc(Nc3cccc(Cn4ccnn4)c3)n2)cc1. The fraction of sp³-hybridized carbons (Fsp3) is 0.0769. The Kier molecular flexibility index (Phi) is 5.73. The molecular formula is C26H22N10. The molecule has 2 N–H and O–H groups in total. The van der Waals surface area contributed by atoms with Crippen LogP contribution in [-0.2, 0) is 13.1 Å². The van der Waals surface area contributed by atoms with Crippen molar-refractivity contribution in [1.29, 1.82) is 0 Å². The van der Waals surface area contributed by atoms with Gasteiger partial charge in [-0.15, -0.1) is 5.10 Å². The Morgan fingerprint density at radius 1 is 0.806 bits per heavy atom. The fourth-order valence-corrected chi connectivity index (χ4v) is 3.96. The van der Waals surface area contributed by atoms with Crippen LogP contribution in [0.2, 0.25) is 0 Å². The summed E-state index contributed by atoms with van der Waals surface area (Å²) < 4.78 is 3.68. The Morgan fingerprint density at radius 3 is 2.56 bits per heavy atom. The van der Waals surface area contributed by atoms with Gasteiger partial charge in [0.05, 0.1) is 23.8 Å². The summed E-state index contributed by atoms with van der Waals surface area (Å²) in [5, 5.41) is 14.6. The highest BCUT2D eigenvalue weighted by molar-refractivity contribution is 5.80. The Labute approximate surface area is 206 Å². The number of para-hydroxylation sites is 2. The van der Waals surface area contributed by atoms with Gasteiger partial charge in [0.2, 0.25) is 17.8 Å². The van der Waals surface area contributed by atoms with E-state index >= 15 is 0 Å². The number of hydrogen-bond acceptors (Lipinski definition) is 8. The molecule has 36 heavy (non-hydrogen) atoms. The molecule has 0 bridgehead atoms. The van der Waals surface area contributed by atoms with Crippen LogP contribution >= 0.6 is 0 Å². The average molecular weight is 475 g/mol. The van der Waals surface area contributed by atoms with Crippen molar-refractivity contribution >= 4 is 28.6 Å². The Bertz CT molecular complexity index is 1590. The summed E-state index contributed by atoms with van der Waals surface area (Å²) in [6.45, 7) is 1.24. The predicted octanol–water partition coefficient (Wildman–Crippen LogP) is 4.21. The van der Waals surface area contributed by atoms with Gasteiger partial charge < -0.3 is 10.6 Å². The summed E-state index contributed by atoms with van der Waals surface area (Å²) in [7, 11) is 0. The third-order valence-electron chi connectivity index (χ3n) is 5.61. The first-order valence-electron chi connectivity index (χ1n) is 11.5. The van der Waals surface area contributed by atoms with Crippen molar-refractivity contribution in [3.05, 3.63) is 109 Å². The minimum atomic E-state index is 0.435. The van der Waals surface area contributed by atoms with Crippen LogP contribution in [0.25, 0.3) is 17.0 Å². The minimum Gasteiger partial charge on any atom is -0.351 e. The van der Waals surface area contributed by atoms with Gasteiger partial charge in [0.1, 0.15) is 6.33 Å². The van der Waals surface area contributed by atoms with Gasteiger partial charge in [0, 0.05) is 18.4 Å². The summed E-state index contributed by atoms with van der Waals surface area (Å²) in [6, 6.07) is 26.1. The molecule has 0 saturated heterocycles. The molecule has 3 aromatic carbocycles. The quantitative estimate of drug-likeness (QED) is 0.338. The topological polar surface area (TPSA) is 111 Å². The van der Waals surface area contributed by atoms with Gasteiger partial charge in [0.25, 0.3) is 0 Å². The lowest BCUT2D eigenvalue weighted by Gasteiger charge is -2.11. The first kappa shape index (κ1) is 21.4. The zero-order valence-corrected chi connectivity index (χ0v) is 19.2. The van der Waals surface area contributed by atoms with E-state index in [1.807, 2.05) is 77.5 Å². The van der Waals surface area contributed by atoms with Crippen LogP contribution in [0.15, 0.2) is 97.6 Å². The van der Waals surface area contributed by atoms with Crippen molar-refractivity contribution in [2.75, 3.05) is 10.6 Å². The summed E-state index contributed by atoms with van der Waals surface area (Å²) in [4.78, 5) is 18.3. The number of aromatic nitrogens is 8. The number of benzene rings is 3. The monoisotopic (exact) mass is 474 g/mol. The van der Waals surface area contributed by atoms with Gasteiger partial charge in [-0.1, -0.05) is 59.8 Å². The highest BCUT2D eigenvalue weighted by Gasteiger charge is 2.15. The van der Waals surface area contributed by atoms with Crippen LogP contribution in [0, 0.1) is 0 Å². The van der Waals surface area contributed by atoms with Gasteiger partial charge in [-0.05, 0) is 35.4 Å². The van der Waals surface area contributed by atoms with Crippen LogP contribution in [0.1, 0.15) is 11.1 Å². The van der Waals surface area contributed by atoms with Gasteiger partial charge >= 0.3 is 0 Å². The molecule has 0 saturated carbocycles. The normalized spacial score (nSPS) is 11.0. The molecule has 0 spiro atoms. The number of nitrogens with one attached hydrogen (secondary N) is 2. The lowest BCUT2D eigenvalue weighted by Crippen LogP contribution is -2.10. The third kappa shape index (κ3) is 4.60. The Hall–Kier alpha value is -5.12. The summed E-state index contributed by atoms with van der Waals surface area (Å²) in [5.41, 5.74) is 4.85. The second-order valence-electron chi connectivity index (χ2n) is 8.13. The van der Waals surface area contributed by atoms with E-state index in [0.29, 0.717) is 30.9 Å². The van der Waals surface area contributed by atoms with Gasteiger partial charge in [-0.2, -0.15) is 4.98 Å². The second kappa shape index (κ2) is 9.63. The number of rotatable bonds is 8. The minimum absolute atomic E-state index is 0.435. The highest BCUT2D eigenvalue weighted by atomic mass is 15.4. The van der Waals surface area contributed by atoms with Crippen molar-refractivity contribution in [3.63, 3.8) is 0 Å². The fourth-order valence-electron chi connectivity index (χ4n) is 3.96. The van der Waals surface area contributed by atoms with Crippen molar-refractivity contribution in [3.8, 4) is 5.95 Å². The molecule has 10 heteroatoms. The van der Waals surface area contributed by atoms with Crippen molar-refractivity contribution in [2.45, 2.75) is 13.1 Å². The predicted molar refractivity (Wildman–Crippen MR) is 137 cm³/mol. The smallest absolute Gasteiger partial charge is 0.241 e. The highest BCUT2D eigenvalue weighted by Crippen LogP contribution is 2.24. The van der Waals surface area contributed by atoms with Crippen molar-refractivity contribution in [2.24, 2.45) is 0 Å². The average Bonchev–Trinajstić information content (AvgIpc) is 3.56. The first-order valence-corrected chi connectivity index (χ1v) is 11.5. The van der Waals surface area contributed by atoms with Crippen LogP contribution in [0.5, 0.6) is 0 Å². The second-order valence-corrected chi connectivity index (χ2v) is 8.13. The summed E-state index contributed by atoms with van der Waals surface area (Å²) in [6.07, 6.45) is 4.99. The van der Waals surface area contributed by atoms with Gasteiger partial charge in [-0.25, -0.2) is 24.2 Å². The maximum atomic E-state index is 4.78. The molecule has 0 atom stereocenters. The molecule has 0 fully saturated rings. The molecule has 0 aliphatic heterocycles. The van der Waals surface area contributed by atoms with E-state index in [4.69, 9.17) is 9.97 Å². The molecule has 0 aliphatic rings. The Balaban J connectivity index is 1.29. The van der Waals surface area contributed by atoms with Gasteiger partial charge in [0.15, 0.2) is 0 Å². The standard InChI is InChI=1S/C26H22N10/c1-2-7-19(8-3-1)16-27-25-32-22-11-4-5-12-23(22)36(25)26-29-18-28-24(33-26)31-21-10-6-9-20(15-21)17-35-14-13-30-34-35/h1-15,18H,16-17H2,(H,27,32)(H,28,29,31,33). The first-order chi connectivity index (χ1) is 17.8. The third-order valence-corrected chi connectivity index (χ3v) is 5.61. The van der Waals surface area contributed by atoms with E-state index in [2.05, 4.69) is 43.0 Å². The van der Waals surface area contributed by atoms with E-state index in [1.165, 1.54) is 6.33 Å². The van der Waals surface area contributed by atoms with Crippen molar-refractivity contribution in [1.82, 2.24) is 39.5 Å². The number of fused-ring (bicyclic) bond motifs is 1. The molecule has 3 heterocycles. The van der Waals surface area contributed by atoms with E-state index in [-0.39, 0.29) is 0 Å². The molecule has 0 amide bonds. The molecule has 6 aromatic rings. The molecule has 0 radical (unpaired) electrons. The summed E-state index contributed by atoms with van der Waals surface area (Å²) in [5.74, 6) is 1.56. The van der Waals surface area contributed by atoms with Crippen LogP contribution in [-0.4, -0.2) is 39.5 Å². The van der Waals surface area contributed by atoms with Gasteiger partial charge in [-0.3, -0.25) is 0 Å². The number of anilines is 3. The zero-order chi connectivity index (χ0) is 24.2. The molecule has 176 valence electrons. The molecule has 3 aromatic heterocycles. The van der Waals surface area contributed by atoms with E-state index in [1.54, 1.807) is 10.9 Å². The van der Waals surface area contributed by atoms with Crippen LogP contribution in [0.3, 0.4) is 0 Å². The maximum Gasteiger partial charge on any atom is 0.241 e. The number of nitrogens with zero attached hydrogens (tertiary/aromatic N) is 8. The molecule has 6 rings (SSSR count). The largest absolute Gasteiger partial charge is 0.351 e.